The molecule has 0 fully saturated rings. The number of hydrogen-bond acceptors (Lipinski definition) is 3. The van der Waals surface area contributed by atoms with E-state index in [1.165, 1.54) is 0 Å². The fourth-order valence-electron chi connectivity index (χ4n) is 0.800. The van der Waals surface area contributed by atoms with Crippen molar-refractivity contribution in [1.82, 2.24) is 20.5 Å². The van der Waals surface area contributed by atoms with Crippen LogP contribution in [0.25, 0.3) is 5.57 Å². The summed E-state index contributed by atoms with van der Waals surface area (Å²) in [5.74, 6) is 1.58. The first-order chi connectivity index (χ1) is 5.24. The van der Waals surface area contributed by atoms with E-state index in [1.54, 1.807) is 0 Å². The van der Waals surface area contributed by atoms with E-state index in [0.717, 1.165) is 17.2 Å². The summed E-state index contributed by atoms with van der Waals surface area (Å²) in [6, 6.07) is 0. The monoisotopic (exact) mass is 152 g/mol. The highest BCUT2D eigenvalue weighted by Crippen LogP contribution is 2.05. The zero-order chi connectivity index (χ0) is 8.27. The molecule has 0 amide bonds. The molecular weight excluding hydrogens is 140 g/mol. The van der Waals surface area contributed by atoms with Crippen LogP contribution in [0, 0.1) is 6.92 Å². The Bertz CT molecular complexity index is 261. The van der Waals surface area contributed by atoms with Crippen molar-refractivity contribution in [3.05, 3.63) is 17.8 Å². The summed E-state index contributed by atoms with van der Waals surface area (Å²) < 4.78 is 0. The Balaban J connectivity index is 2.84. The first kappa shape index (κ1) is 7.78. The molecule has 1 aromatic rings. The molecule has 0 saturated heterocycles. The quantitative estimate of drug-likeness (QED) is 0.655. The predicted molar refractivity (Wildman–Crippen MR) is 43.8 cm³/mol. The number of aryl methyl sites for hydroxylation is 1. The highest BCUT2D eigenvalue weighted by molar-refractivity contribution is 5.56. The lowest BCUT2D eigenvalue weighted by atomic mass is 10.3. The number of nitrogens with zero attached hydrogens (tertiary/aromatic N) is 2. The summed E-state index contributed by atoms with van der Waals surface area (Å²) >= 11 is 0. The van der Waals surface area contributed by atoms with Crippen molar-refractivity contribution in [2.45, 2.75) is 13.8 Å². The zero-order valence-electron chi connectivity index (χ0n) is 6.97. The minimum Gasteiger partial charge on any atom is -0.394 e. The minimum atomic E-state index is 0.747. The molecule has 0 unspecified atom stereocenters. The van der Waals surface area contributed by atoms with Crippen molar-refractivity contribution in [3.8, 4) is 0 Å². The Morgan fingerprint density at radius 1 is 1.64 bits per heavy atom. The third-order valence-corrected chi connectivity index (χ3v) is 1.31. The second-order valence-electron chi connectivity index (χ2n) is 2.36. The van der Waals surface area contributed by atoms with E-state index >= 15 is 0 Å². The Morgan fingerprint density at radius 3 is 2.82 bits per heavy atom. The van der Waals surface area contributed by atoms with Gasteiger partial charge in [-0.1, -0.05) is 0 Å². The van der Waals surface area contributed by atoms with Gasteiger partial charge in [-0.2, -0.15) is 5.10 Å². The van der Waals surface area contributed by atoms with Crippen LogP contribution in [0.1, 0.15) is 18.6 Å². The van der Waals surface area contributed by atoms with Gasteiger partial charge in [-0.25, -0.2) is 4.98 Å². The second kappa shape index (κ2) is 3.18. The van der Waals surface area contributed by atoms with E-state index < -0.39 is 0 Å². The van der Waals surface area contributed by atoms with Crippen LogP contribution in [0.5, 0.6) is 0 Å². The number of aromatic amines is 1. The number of aromatic nitrogens is 3. The highest BCUT2D eigenvalue weighted by atomic mass is 15.2. The van der Waals surface area contributed by atoms with E-state index in [-0.39, 0.29) is 0 Å². The molecule has 0 aliphatic carbocycles. The van der Waals surface area contributed by atoms with Crippen LogP contribution < -0.4 is 5.32 Å². The summed E-state index contributed by atoms with van der Waals surface area (Å²) in [5.41, 5.74) is 1.02. The number of hydrogen-bond donors (Lipinski definition) is 2. The maximum atomic E-state index is 4.15. The molecule has 4 nitrogen and oxygen atoms in total. The van der Waals surface area contributed by atoms with E-state index in [0.29, 0.717) is 0 Å². The summed E-state index contributed by atoms with van der Waals surface area (Å²) in [5, 5.41) is 9.69. The minimum absolute atomic E-state index is 0.747. The van der Waals surface area contributed by atoms with Gasteiger partial charge >= 0.3 is 0 Å². The Labute approximate surface area is 65.7 Å². The molecule has 0 atom stereocenters. The third-order valence-electron chi connectivity index (χ3n) is 1.31. The molecule has 60 valence electrons. The van der Waals surface area contributed by atoms with Crippen molar-refractivity contribution in [1.29, 1.82) is 0 Å². The first-order valence-electron chi connectivity index (χ1n) is 3.47. The molecule has 1 rings (SSSR count). The lowest BCUT2D eigenvalue weighted by molar-refractivity contribution is 1.03. The SMILES string of the molecule is CN/C=C(\C)c1n[nH]c(C)n1. The molecule has 0 saturated carbocycles. The first-order valence-corrected chi connectivity index (χ1v) is 3.47. The van der Waals surface area contributed by atoms with Crippen molar-refractivity contribution in [2.75, 3.05) is 7.05 Å². The maximum absolute atomic E-state index is 4.15. The second-order valence-corrected chi connectivity index (χ2v) is 2.36. The van der Waals surface area contributed by atoms with Gasteiger partial charge in [0.05, 0.1) is 0 Å². The Morgan fingerprint density at radius 2 is 2.36 bits per heavy atom. The van der Waals surface area contributed by atoms with E-state index in [1.807, 2.05) is 27.1 Å². The molecule has 1 heterocycles. The summed E-state index contributed by atoms with van der Waals surface area (Å²) in [6.07, 6.45) is 1.86. The lowest BCUT2D eigenvalue weighted by Crippen LogP contribution is -1.95. The van der Waals surface area contributed by atoms with Crippen molar-refractivity contribution < 1.29 is 0 Å². The molecular formula is C7H12N4. The van der Waals surface area contributed by atoms with Crippen molar-refractivity contribution in [2.24, 2.45) is 0 Å². The van der Waals surface area contributed by atoms with Crippen LogP contribution >= 0.6 is 0 Å². The van der Waals surface area contributed by atoms with Gasteiger partial charge in [-0.05, 0) is 13.8 Å². The molecule has 4 heteroatoms. The molecule has 11 heavy (non-hydrogen) atoms. The largest absolute Gasteiger partial charge is 0.394 e. The summed E-state index contributed by atoms with van der Waals surface area (Å²) in [6.45, 7) is 3.84. The van der Waals surface area contributed by atoms with Crippen molar-refractivity contribution >= 4 is 5.57 Å². The van der Waals surface area contributed by atoms with Gasteiger partial charge in [0.2, 0.25) is 0 Å². The van der Waals surface area contributed by atoms with Gasteiger partial charge in [0.1, 0.15) is 5.82 Å². The number of H-pyrrole nitrogens is 1. The molecule has 0 aromatic carbocycles. The third kappa shape index (κ3) is 1.80. The van der Waals surface area contributed by atoms with E-state index in [9.17, 15) is 0 Å². The fourth-order valence-corrected chi connectivity index (χ4v) is 0.800. The highest BCUT2D eigenvalue weighted by Gasteiger charge is 1.99. The molecule has 0 aliphatic rings. The van der Waals surface area contributed by atoms with Gasteiger partial charge in [-0.15, -0.1) is 0 Å². The Kier molecular flexibility index (Phi) is 2.25. The Hall–Kier alpha value is -1.32. The van der Waals surface area contributed by atoms with E-state index in [2.05, 4.69) is 20.5 Å². The van der Waals surface area contributed by atoms with Crippen LogP contribution in [-0.2, 0) is 0 Å². The summed E-state index contributed by atoms with van der Waals surface area (Å²) in [4.78, 5) is 4.15. The van der Waals surface area contributed by atoms with Gasteiger partial charge in [0.25, 0.3) is 0 Å². The number of nitrogens with one attached hydrogen (secondary N) is 2. The molecule has 0 radical (unpaired) electrons. The summed E-state index contributed by atoms with van der Waals surface area (Å²) in [7, 11) is 1.85. The topological polar surface area (TPSA) is 53.6 Å². The molecule has 2 N–H and O–H groups in total. The number of allylic oxidation sites excluding steroid dienone is 1. The fraction of sp³-hybridized carbons (Fsp3) is 0.429. The molecule has 0 bridgehead atoms. The van der Waals surface area contributed by atoms with Crippen LogP contribution in [0.4, 0.5) is 0 Å². The van der Waals surface area contributed by atoms with Crippen molar-refractivity contribution in [3.63, 3.8) is 0 Å². The van der Waals surface area contributed by atoms with Crippen LogP contribution in [0.3, 0.4) is 0 Å². The van der Waals surface area contributed by atoms with Gasteiger partial charge in [0.15, 0.2) is 5.82 Å². The smallest absolute Gasteiger partial charge is 0.178 e. The molecule has 0 aliphatic heterocycles. The number of rotatable bonds is 2. The normalized spacial score (nSPS) is 11.7. The van der Waals surface area contributed by atoms with Gasteiger partial charge in [0, 0.05) is 18.8 Å². The average molecular weight is 152 g/mol. The molecule has 1 aromatic heterocycles. The van der Waals surface area contributed by atoms with Crippen LogP contribution in [0.2, 0.25) is 0 Å². The zero-order valence-corrected chi connectivity index (χ0v) is 6.97. The predicted octanol–water partition coefficient (Wildman–Crippen LogP) is 0.693. The van der Waals surface area contributed by atoms with Gasteiger partial charge in [-0.3, -0.25) is 5.10 Å². The molecule has 0 spiro atoms. The average Bonchev–Trinajstić information content (AvgIpc) is 2.36. The lowest BCUT2D eigenvalue weighted by Gasteiger charge is -1.91. The standard InChI is InChI=1S/C7H12N4/c1-5(4-8-3)7-9-6(2)10-11-7/h4,8H,1-3H3,(H,9,10,11)/b5-4+. The van der Waals surface area contributed by atoms with Crippen LogP contribution in [0.15, 0.2) is 6.20 Å². The maximum Gasteiger partial charge on any atom is 0.178 e. The van der Waals surface area contributed by atoms with Gasteiger partial charge < -0.3 is 5.32 Å². The van der Waals surface area contributed by atoms with Crippen LogP contribution in [-0.4, -0.2) is 22.2 Å². The van der Waals surface area contributed by atoms with E-state index in [4.69, 9.17) is 0 Å².